The highest BCUT2D eigenvalue weighted by Crippen LogP contribution is 2.35. The number of halogens is 4. The molecule has 0 spiro atoms. The Labute approximate surface area is 120 Å². The van der Waals surface area contributed by atoms with E-state index >= 15 is 0 Å². The summed E-state index contributed by atoms with van der Waals surface area (Å²) >= 11 is 4.57. The average Bonchev–Trinajstić information content (AvgIpc) is 2.83. The maximum Gasteiger partial charge on any atom is 0.419 e. The van der Waals surface area contributed by atoms with Gasteiger partial charge in [0.05, 0.1) is 5.56 Å². The topological polar surface area (TPSA) is 24.9 Å². The number of nitrogens with one attached hydrogen (secondary N) is 1. The number of aromatic nitrogens is 1. The van der Waals surface area contributed by atoms with E-state index in [9.17, 15) is 13.2 Å². The number of hydrogen-bond donors (Lipinski definition) is 1. The summed E-state index contributed by atoms with van der Waals surface area (Å²) in [6.07, 6.45) is -2.40. The Balaban J connectivity index is 2.07. The van der Waals surface area contributed by atoms with Gasteiger partial charge in [0, 0.05) is 17.2 Å². The summed E-state index contributed by atoms with van der Waals surface area (Å²) in [5, 5.41) is 6.65. The van der Waals surface area contributed by atoms with Crippen LogP contribution >= 0.6 is 27.3 Å². The van der Waals surface area contributed by atoms with Gasteiger partial charge in [-0.2, -0.15) is 24.5 Å². The second-order valence-electron chi connectivity index (χ2n) is 3.86. The molecule has 2 heterocycles. The lowest BCUT2D eigenvalue weighted by atomic mass is 10.2. The second-order valence-corrected chi connectivity index (χ2v) is 5.55. The Morgan fingerprint density at radius 2 is 2.16 bits per heavy atom. The molecule has 0 fully saturated rings. The summed E-state index contributed by atoms with van der Waals surface area (Å²) in [5.74, 6) is -0.133. The van der Waals surface area contributed by atoms with E-state index in [0.29, 0.717) is 17.4 Å². The van der Waals surface area contributed by atoms with Crippen molar-refractivity contribution in [1.82, 2.24) is 4.98 Å². The molecule has 0 aliphatic heterocycles. The lowest BCUT2D eigenvalue weighted by Gasteiger charge is -2.13. The number of nitrogens with zero attached hydrogens (tertiary/aromatic N) is 1. The first-order valence-electron chi connectivity index (χ1n) is 5.44. The zero-order valence-corrected chi connectivity index (χ0v) is 12.1. The molecule has 2 aromatic rings. The standard InChI is InChI=1S/C12H10BrF3N2S/c13-9-5-10(12(14,15)16)11(18-6-9)17-3-1-8-2-4-19-7-8/h2,4-7H,1,3H2,(H,17,18). The van der Waals surface area contributed by atoms with Gasteiger partial charge < -0.3 is 5.32 Å². The number of alkyl halides is 3. The molecule has 0 aromatic carbocycles. The number of hydrogen-bond acceptors (Lipinski definition) is 3. The predicted octanol–water partition coefficient (Wildman–Crippen LogP) is 4.58. The van der Waals surface area contributed by atoms with Crippen LogP contribution in [-0.2, 0) is 12.6 Å². The van der Waals surface area contributed by atoms with Gasteiger partial charge in [-0.3, -0.25) is 0 Å². The summed E-state index contributed by atoms with van der Waals surface area (Å²) in [7, 11) is 0. The molecule has 19 heavy (non-hydrogen) atoms. The van der Waals surface area contributed by atoms with Crippen molar-refractivity contribution in [2.45, 2.75) is 12.6 Å². The van der Waals surface area contributed by atoms with Gasteiger partial charge in [0.1, 0.15) is 5.82 Å². The van der Waals surface area contributed by atoms with Crippen molar-refractivity contribution in [3.63, 3.8) is 0 Å². The summed E-state index contributed by atoms with van der Waals surface area (Å²) in [6.45, 7) is 0.411. The van der Waals surface area contributed by atoms with Crippen molar-refractivity contribution in [3.8, 4) is 0 Å². The molecule has 2 nitrogen and oxygen atoms in total. The van der Waals surface area contributed by atoms with Crippen LogP contribution < -0.4 is 5.32 Å². The van der Waals surface area contributed by atoms with Crippen molar-refractivity contribution < 1.29 is 13.2 Å². The van der Waals surface area contributed by atoms with Crippen LogP contribution in [0.25, 0.3) is 0 Å². The Morgan fingerprint density at radius 3 is 2.79 bits per heavy atom. The van der Waals surface area contributed by atoms with Crippen LogP contribution in [0.5, 0.6) is 0 Å². The average molecular weight is 351 g/mol. The van der Waals surface area contributed by atoms with Gasteiger partial charge in [-0.05, 0) is 50.8 Å². The van der Waals surface area contributed by atoms with Crippen LogP contribution in [0, 0.1) is 0 Å². The summed E-state index contributed by atoms with van der Waals surface area (Å²) in [5.41, 5.74) is 0.343. The zero-order valence-electron chi connectivity index (χ0n) is 9.67. The molecular formula is C12H10BrF3N2S. The van der Waals surface area contributed by atoms with Crippen molar-refractivity contribution in [2.24, 2.45) is 0 Å². The third-order valence-corrected chi connectivity index (χ3v) is 3.61. The zero-order chi connectivity index (χ0) is 13.9. The fourth-order valence-corrected chi connectivity index (χ4v) is 2.59. The Bertz CT molecular complexity index is 540. The first-order valence-corrected chi connectivity index (χ1v) is 7.18. The van der Waals surface area contributed by atoms with E-state index in [2.05, 4.69) is 26.2 Å². The highest BCUT2D eigenvalue weighted by molar-refractivity contribution is 9.10. The van der Waals surface area contributed by atoms with Crippen molar-refractivity contribution in [2.75, 3.05) is 11.9 Å². The van der Waals surface area contributed by atoms with Crippen LogP contribution in [0.2, 0.25) is 0 Å². The van der Waals surface area contributed by atoms with Gasteiger partial charge in [-0.25, -0.2) is 4.98 Å². The van der Waals surface area contributed by atoms with Gasteiger partial charge >= 0.3 is 6.18 Å². The molecule has 0 aliphatic carbocycles. The second kappa shape index (κ2) is 5.92. The van der Waals surface area contributed by atoms with E-state index in [-0.39, 0.29) is 5.82 Å². The van der Waals surface area contributed by atoms with E-state index in [4.69, 9.17) is 0 Å². The molecular weight excluding hydrogens is 341 g/mol. The van der Waals surface area contributed by atoms with Crippen LogP contribution in [0.15, 0.2) is 33.6 Å². The van der Waals surface area contributed by atoms with Crippen LogP contribution in [0.1, 0.15) is 11.1 Å². The van der Waals surface area contributed by atoms with E-state index in [1.54, 1.807) is 11.3 Å². The van der Waals surface area contributed by atoms with Gasteiger partial charge in [-0.15, -0.1) is 0 Å². The van der Waals surface area contributed by atoms with Crippen molar-refractivity contribution in [1.29, 1.82) is 0 Å². The van der Waals surface area contributed by atoms with Crippen LogP contribution in [0.3, 0.4) is 0 Å². The van der Waals surface area contributed by atoms with Gasteiger partial charge in [-0.1, -0.05) is 0 Å². The molecule has 0 saturated carbocycles. The summed E-state index contributed by atoms with van der Waals surface area (Å²) in [4.78, 5) is 3.79. The van der Waals surface area contributed by atoms with Crippen molar-refractivity contribution >= 4 is 33.1 Å². The lowest BCUT2D eigenvalue weighted by Crippen LogP contribution is -2.14. The summed E-state index contributed by atoms with van der Waals surface area (Å²) in [6, 6.07) is 2.98. The molecule has 0 amide bonds. The number of anilines is 1. The van der Waals surface area contributed by atoms with Gasteiger partial charge in [0.15, 0.2) is 0 Å². The minimum absolute atomic E-state index is 0.133. The predicted molar refractivity (Wildman–Crippen MR) is 73.5 cm³/mol. The first kappa shape index (κ1) is 14.3. The lowest BCUT2D eigenvalue weighted by molar-refractivity contribution is -0.137. The highest BCUT2D eigenvalue weighted by atomic mass is 79.9. The maximum absolute atomic E-state index is 12.8. The number of thiophene rings is 1. The molecule has 102 valence electrons. The Hall–Kier alpha value is -1.08. The molecule has 0 unspecified atom stereocenters. The molecule has 0 radical (unpaired) electrons. The van der Waals surface area contributed by atoms with E-state index < -0.39 is 11.7 Å². The molecule has 0 aliphatic rings. The molecule has 0 bridgehead atoms. The molecule has 0 saturated heterocycles. The normalized spacial score (nSPS) is 11.6. The molecule has 7 heteroatoms. The van der Waals surface area contributed by atoms with Gasteiger partial charge in [0.2, 0.25) is 0 Å². The van der Waals surface area contributed by atoms with E-state index in [1.807, 2.05) is 16.8 Å². The van der Waals surface area contributed by atoms with Gasteiger partial charge in [0.25, 0.3) is 0 Å². The molecule has 2 rings (SSSR count). The third kappa shape index (κ3) is 3.94. The van der Waals surface area contributed by atoms with Crippen molar-refractivity contribution in [3.05, 3.63) is 44.7 Å². The quantitative estimate of drug-likeness (QED) is 0.872. The molecule has 0 atom stereocenters. The largest absolute Gasteiger partial charge is 0.419 e. The van der Waals surface area contributed by atoms with E-state index in [1.165, 1.54) is 6.20 Å². The van der Waals surface area contributed by atoms with E-state index in [0.717, 1.165) is 11.6 Å². The first-order chi connectivity index (χ1) is 8.97. The highest BCUT2D eigenvalue weighted by Gasteiger charge is 2.34. The maximum atomic E-state index is 12.8. The molecule has 1 N–H and O–H groups in total. The molecule has 2 aromatic heterocycles. The fourth-order valence-electron chi connectivity index (χ4n) is 1.56. The fraction of sp³-hybridized carbons (Fsp3) is 0.250. The monoisotopic (exact) mass is 350 g/mol. The SMILES string of the molecule is FC(F)(F)c1cc(Br)cnc1NCCc1ccsc1. The minimum atomic E-state index is -4.42. The van der Waals surface area contributed by atoms with Crippen LogP contribution in [-0.4, -0.2) is 11.5 Å². The summed E-state index contributed by atoms with van der Waals surface area (Å²) < 4.78 is 38.8. The smallest absolute Gasteiger partial charge is 0.369 e. The third-order valence-electron chi connectivity index (χ3n) is 2.45. The minimum Gasteiger partial charge on any atom is -0.369 e. The number of pyridine rings is 1. The Kier molecular flexibility index (Phi) is 4.46. The Morgan fingerprint density at radius 1 is 1.37 bits per heavy atom. The van der Waals surface area contributed by atoms with Crippen LogP contribution in [0.4, 0.5) is 19.0 Å². The number of rotatable bonds is 4.